The third-order valence-corrected chi connectivity index (χ3v) is 5.44. The highest BCUT2D eigenvalue weighted by Gasteiger charge is 2.23. The summed E-state index contributed by atoms with van der Waals surface area (Å²) < 4.78 is 13.2. The first-order chi connectivity index (χ1) is 15.4. The summed E-state index contributed by atoms with van der Waals surface area (Å²) in [7, 11) is 0. The summed E-state index contributed by atoms with van der Waals surface area (Å²) in [6.45, 7) is 4.37. The zero-order valence-electron chi connectivity index (χ0n) is 17.6. The summed E-state index contributed by atoms with van der Waals surface area (Å²) in [4.78, 5) is 32.7. The Morgan fingerprint density at radius 3 is 2.22 bits per heavy atom. The lowest BCUT2D eigenvalue weighted by molar-refractivity contribution is 0.0696. The van der Waals surface area contributed by atoms with Crippen molar-refractivity contribution in [2.45, 2.75) is 6.92 Å². The van der Waals surface area contributed by atoms with E-state index in [1.165, 1.54) is 24.4 Å². The van der Waals surface area contributed by atoms with Gasteiger partial charge in [-0.2, -0.15) is 0 Å². The molecule has 32 heavy (non-hydrogen) atoms. The molecule has 0 unspecified atom stereocenters. The molecule has 0 atom stereocenters. The Kier molecular flexibility index (Phi) is 6.02. The van der Waals surface area contributed by atoms with Crippen LogP contribution >= 0.6 is 0 Å². The van der Waals surface area contributed by atoms with E-state index in [9.17, 15) is 19.1 Å². The van der Waals surface area contributed by atoms with Crippen molar-refractivity contribution in [1.82, 2.24) is 4.98 Å². The number of benzene rings is 2. The van der Waals surface area contributed by atoms with Crippen molar-refractivity contribution in [2.75, 3.05) is 41.3 Å². The van der Waals surface area contributed by atoms with E-state index in [0.717, 1.165) is 11.3 Å². The van der Waals surface area contributed by atoms with Gasteiger partial charge in [0.1, 0.15) is 17.2 Å². The standard InChI is InChI=1S/C24H23FN4O3/c1-16-2-4-17(5-3-16)23(30)27-19-14-21(24(31)32)22(26-15-19)29-12-10-28(11-13-29)20-8-6-18(25)7-9-20/h2-9,14-15H,10-13H2,1H3,(H,27,30)(H,31,32). The van der Waals surface area contributed by atoms with E-state index in [1.807, 2.05) is 24.0 Å². The van der Waals surface area contributed by atoms with Crippen LogP contribution in [-0.2, 0) is 0 Å². The van der Waals surface area contributed by atoms with Crippen LogP contribution in [0.1, 0.15) is 26.3 Å². The Bertz CT molecular complexity index is 1120. The number of halogens is 1. The Balaban J connectivity index is 1.47. The molecular weight excluding hydrogens is 411 g/mol. The second kappa shape index (κ2) is 9.05. The highest BCUT2D eigenvalue weighted by molar-refractivity contribution is 6.05. The molecule has 3 aromatic rings. The number of carbonyl (C=O) groups excluding carboxylic acids is 1. The molecule has 0 spiro atoms. The third kappa shape index (κ3) is 4.69. The van der Waals surface area contributed by atoms with E-state index in [0.29, 0.717) is 43.2 Å². The molecule has 7 nitrogen and oxygen atoms in total. The fourth-order valence-corrected chi connectivity index (χ4v) is 3.67. The Hall–Kier alpha value is -3.94. The topological polar surface area (TPSA) is 85.8 Å². The van der Waals surface area contributed by atoms with Crippen LogP contribution in [0.25, 0.3) is 0 Å². The van der Waals surface area contributed by atoms with Crippen LogP contribution in [0.4, 0.5) is 21.6 Å². The third-order valence-electron chi connectivity index (χ3n) is 5.44. The number of aryl methyl sites for hydroxylation is 1. The molecule has 1 aliphatic rings. The molecule has 2 N–H and O–H groups in total. The van der Waals surface area contributed by atoms with Gasteiger partial charge < -0.3 is 20.2 Å². The normalized spacial score (nSPS) is 13.7. The van der Waals surface area contributed by atoms with Gasteiger partial charge in [-0.3, -0.25) is 4.79 Å². The van der Waals surface area contributed by atoms with E-state index in [1.54, 1.807) is 24.3 Å². The van der Waals surface area contributed by atoms with Crippen molar-refractivity contribution in [3.05, 3.63) is 83.3 Å². The molecule has 1 aliphatic heterocycles. The van der Waals surface area contributed by atoms with Crippen molar-refractivity contribution >= 4 is 29.1 Å². The molecule has 0 radical (unpaired) electrons. The van der Waals surface area contributed by atoms with Gasteiger partial charge >= 0.3 is 5.97 Å². The first kappa shape index (κ1) is 21.3. The molecule has 164 valence electrons. The molecule has 0 aliphatic carbocycles. The van der Waals surface area contributed by atoms with Crippen LogP contribution in [0.15, 0.2) is 60.8 Å². The van der Waals surface area contributed by atoms with E-state index in [-0.39, 0.29) is 17.3 Å². The number of amides is 1. The molecule has 0 saturated carbocycles. The van der Waals surface area contributed by atoms with Crippen LogP contribution in [0.2, 0.25) is 0 Å². The van der Waals surface area contributed by atoms with Gasteiger partial charge in [-0.15, -0.1) is 0 Å². The number of aromatic carboxylic acids is 1. The van der Waals surface area contributed by atoms with Gasteiger partial charge in [0.15, 0.2) is 0 Å². The number of hydrogen-bond acceptors (Lipinski definition) is 5. The average Bonchev–Trinajstić information content (AvgIpc) is 2.80. The molecule has 1 fully saturated rings. The van der Waals surface area contributed by atoms with Crippen molar-refractivity contribution in [3.63, 3.8) is 0 Å². The summed E-state index contributed by atoms with van der Waals surface area (Å²) in [5.41, 5.74) is 2.80. The molecule has 1 aromatic heterocycles. The number of carbonyl (C=O) groups is 2. The van der Waals surface area contributed by atoms with Gasteiger partial charge in [0, 0.05) is 37.4 Å². The second-order valence-corrected chi connectivity index (χ2v) is 7.67. The lowest BCUT2D eigenvalue weighted by Gasteiger charge is -2.37. The van der Waals surface area contributed by atoms with E-state index >= 15 is 0 Å². The first-order valence-corrected chi connectivity index (χ1v) is 10.3. The maximum Gasteiger partial charge on any atom is 0.339 e. The number of rotatable bonds is 5. The lowest BCUT2D eigenvalue weighted by atomic mass is 10.1. The molecular formula is C24H23FN4O3. The highest BCUT2D eigenvalue weighted by Crippen LogP contribution is 2.25. The van der Waals surface area contributed by atoms with Crippen molar-refractivity contribution in [3.8, 4) is 0 Å². The molecule has 1 amide bonds. The first-order valence-electron chi connectivity index (χ1n) is 10.3. The van der Waals surface area contributed by atoms with Gasteiger partial charge in [0.2, 0.25) is 0 Å². The van der Waals surface area contributed by atoms with Crippen molar-refractivity contribution in [1.29, 1.82) is 0 Å². The predicted octanol–water partition coefficient (Wildman–Crippen LogP) is 3.81. The fraction of sp³-hybridized carbons (Fsp3) is 0.208. The van der Waals surface area contributed by atoms with Gasteiger partial charge in [-0.05, 0) is 49.4 Å². The van der Waals surface area contributed by atoms with E-state index in [2.05, 4.69) is 15.2 Å². The largest absolute Gasteiger partial charge is 0.478 e. The Morgan fingerprint density at radius 1 is 0.969 bits per heavy atom. The van der Waals surface area contributed by atoms with Crippen LogP contribution in [-0.4, -0.2) is 48.1 Å². The van der Waals surface area contributed by atoms with Crippen LogP contribution in [0, 0.1) is 12.7 Å². The lowest BCUT2D eigenvalue weighted by Crippen LogP contribution is -2.47. The van der Waals surface area contributed by atoms with Crippen LogP contribution in [0.3, 0.4) is 0 Å². The minimum atomic E-state index is -1.11. The number of nitrogens with one attached hydrogen (secondary N) is 1. The summed E-state index contributed by atoms with van der Waals surface area (Å²) in [6.07, 6.45) is 1.47. The maximum absolute atomic E-state index is 13.2. The van der Waals surface area contributed by atoms with Crippen LogP contribution in [0.5, 0.6) is 0 Å². The molecule has 2 aromatic carbocycles. The zero-order chi connectivity index (χ0) is 22.7. The maximum atomic E-state index is 13.2. The van der Waals surface area contributed by atoms with Gasteiger partial charge in [0.05, 0.1) is 11.9 Å². The number of hydrogen-bond donors (Lipinski definition) is 2. The quantitative estimate of drug-likeness (QED) is 0.635. The fourth-order valence-electron chi connectivity index (χ4n) is 3.67. The Labute approximate surface area is 185 Å². The molecule has 2 heterocycles. The van der Waals surface area contributed by atoms with E-state index in [4.69, 9.17) is 0 Å². The highest BCUT2D eigenvalue weighted by atomic mass is 19.1. The number of carboxylic acids is 1. The van der Waals surface area contributed by atoms with Crippen molar-refractivity contribution in [2.24, 2.45) is 0 Å². The molecule has 4 rings (SSSR count). The summed E-state index contributed by atoms with van der Waals surface area (Å²) >= 11 is 0. The smallest absolute Gasteiger partial charge is 0.339 e. The molecule has 8 heteroatoms. The number of piperazine rings is 1. The van der Waals surface area contributed by atoms with Gasteiger partial charge in [0.25, 0.3) is 5.91 Å². The summed E-state index contributed by atoms with van der Waals surface area (Å²) in [5, 5.41) is 12.4. The minimum Gasteiger partial charge on any atom is -0.478 e. The summed E-state index contributed by atoms with van der Waals surface area (Å²) in [6, 6.07) is 14.9. The summed E-state index contributed by atoms with van der Waals surface area (Å²) in [5.74, 6) is -1.36. The number of aromatic nitrogens is 1. The number of carboxylic acid groups (broad SMARTS) is 1. The predicted molar refractivity (Wildman–Crippen MR) is 121 cm³/mol. The minimum absolute atomic E-state index is 0.0296. The second-order valence-electron chi connectivity index (χ2n) is 7.67. The van der Waals surface area contributed by atoms with Gasteiger partial charge in [-0.25, -0.2) is 14.2 Å². The number of pyridine rings is 1. The monoisotopic (exact) mass is 434 g/mol. The van der Waals surface area contributed by atoms with Crippen molar-refractivity contribution < 1.29 is 19.1 Å². The molecule has 0 bridgehead atoms. The zero-order valence-corrected chi connectivity index (χ0v) is 17.6. The number of anilines is 3. The van der Waals surface area contributed by atoms with E-state index < -0.39 is 5.97 Å². The Morgan fingerprint density at radius 2 is 1.59 bits per heavy atom. The SMILES string of the molecule is Cc1ccc(C(=O)Nc2cnc(N3CCN(c4ccc(F)cc4)CC3)c(C(=O)O)c2)cc1. The van der Waals surface area contributed by atoms with Gasteiger partial charge in [-0.1, -0.05) is 17.7 Å². The molecule has 1 saturated heterocycles. The number of nitrogens with zero attached hydrogens (tertiary/aromatic N) is 3. The average molecular weight is 434 g/mol. The van der Waals surface area contributed by atoms with Crippen LogP contribution < -0.4 is 15.1 Å².